The fourth-order valence-electron chi connectivity index (χ4n) is 3.97. The van der Waals surface area contributed by atoms with Gasteiger partial charge >= 0.3 is 0 Å². The number of hydrogen-bond acceptors (Lipinski definition) is 6. The van der Waals surface area contributed by atoms with Crippen LogP contribution in [0.4, 0.5) is 5.82 Å². The zero-order chi connectivity index (χ0) is 20.2. The molecule has 2 heterocycles. The Morgan fingerprint density at radius 2 is 2.00 bits per heavy atom. The second-order valence-electron chi connectivity index (χ2n) is 7.39. The lowest BCUT2D eigenvalue weighted by molar-refractivity contribution is -0.133. The van der Waals surface area contributed by atoms with E-state index in [0.29, 0.717) is 51.2 Å². The summed E-state index contributed by atoms with van der Waals surface area (Å²) in [6, 6.07) is 13.5. The molecule has 1 aliphatic carbocycles. The Balaban J connectivity index is 1.21. The van der Waals surface area contributed by atoms with Gasteiger partial charge < -0.3 is 19.6 Å². The van der Waals surface area contributed by atoms with Gasteiger partial charge in [-0.15, -0.1) is 0 Å². The van der Waals surface area contributed by atoms with Crippen LogP contribution in [0.3, 0.4) is 0 Å². The van der Waals surface area contributed by atoms with E-state index in [0.717, 1.165) is 16.9 Å². The molecule has 7 heteroatoms. The molecular weight excluding hydrogens is 368 g/mol. The van der Waals surface area contributed by atoms with Crippen molar-refractivity contribution in [2.45, 2.75) is 25.0 Å². The maximum atomic E-state index is 12.5. The maximum absolute atomic E-state index is 12.5. The fraction of sp³-hybridized carbons (Fsp3) is 0.409. The predicted molar refractivity (Wildman–Crippen MR) is 107 cm³/mol. The molecule has 29 heavy (non-hydrogen) atoms. The van der Waals surface area contributed by atoms with Crippen LogP contribution >= 0.6 is 0 Å². The van der Waals surface area contributed by atoms with E-state index in [1.54, 1.807) is 12.3 Å². The lowest BCUT2D eigenvalue weighted by Crippen LogP contribution is -2.49. The van der Waals surface area contributed by atoms with Crippen LogP contribution in [-0.4, -0.2) is 59.8 Å². The van der Waals surface area contributed by atoms with Gasteiger partial charge in [-0.05, 0) is 23.3 Å². The van der Waals surface area contributed by atoms with Gasteiger partial charge in [-0.25, -0.2) is 4.98 Å². The molecule has 0 spiro atoms. The van der Waals surface area contributed by atoms with Crippen LogP contribution < -0.4 is 4.90 Å². The molecule has 150 valence electrons. The highest BCUT2D eigenvalue weighted by Gasteiger charge is 2.31. The van der Waals surface area contributed by atoms with Gasteiger partial charge in [0, 0.05) is 38.8 Å². The van der Waals surface area contributed by atoms with Gasteiger partial charge in [0.05, 0.1) is 24.7 Å². The molecule has 0 saturated carbocycles. The second-order valence-corrected chi connectivity index (χ2v) is 7.39. The second kappa shape index (κ2) is 8.60. The number of hydrogen-bond donors (Lipinski definition) is 1. The van der Waals surface area contributed by atoms with Gasteiger partial charge in [0.15, 0.2) is 0 Å². The first-order valence-electron chi connectivity index (χ1n) is 9.92. The van der Waals surface area contributed by atoms with E-state index >= 15 is 0 Å². The number of carbonyl (C=O) groups is 1. The zero-order valence-corrected chi connectivity index (χ0v) is 16.2. The number of piperazine rings is 1. The topological polar surface area (TPSA) is 89.7 Å². The number of nitriles is 1. The first-order valence-corrected chi connectivity index (χ1v) is 9.92. The molecule has 1 aliphatic heterocycles. The van der Waals surface area contributed by atoms with E-state index in [-0.39, 0.29) is 12.0 Å². The maximum Gasteiger partial charge on any atom is 0.225 e. The summed E-state index contributed by atoms with van der Waals surface area (Å²) >= 11 is 0. The van der Waals surface area contributed by atoms with E-state index in [1.165, 1.54) is 0 Å². The lowest BCUT2D eigenvalue weighted by atomic mass is 10.1. The first kappa shape index (κ1) is 19.4. The minimum Gasteiger partial charge on any atom is -0.386 e. The van der Waals surface area contributed by atoms with Crippen LogP contribution in [0.2, 0.25) is 0 Å². The molecule has 2 aliphatic rings. The van der Waals surface area contributed by atoms with Crippen molar-refractivity contribution >= 4 is 11.7 Å². The van der Waals surface area contributed by atoms with Crippen molar-refractivity contribution in [1.82, 2.24) is 9.88 Å². The van der Waals surface area contributed by atoms with Gasteiger partial charge in [-0.1, -0.05) is 24.3 Å². The van der Waals surface area contributed by atoms with E-state index in [4.69, 9.17) is 10.00 Å². The van der Waals surface area contributed by atoms with Crippen molar-refractivity contribution in [2.24, 2.45) is 0 Å². The molecule has 2 aromatic rings. The predicted octanol–water partition coefficient (Wildman–Crippen LogP) is 1.67. The Hall–Kier alpha value is -2.95. The highest BCUT2D eigenvalue weighted by atomic mass is 16.5. The van der Waals surface area contributed by atoms with Gasteiger partial charge in [0.2, 0.25) is 5.91 Å². The van der Waals surface area contributed by atoms with Crippen LogP contribution in [0.1, 0.15) is 29.2 Å². The largest absolute Gasteiger partial charge is 0.386 e. The number of nitrogens with zero attached hydrogens (tertiary/aromatic N) is 4. The molecule has 0 bridgehead atoms. The standard InChI is InChI=1S/C22H24N4O3/c23-14-16-5-6-20(24-15-16)25-8-10-26(11-9-25)21(27)7-12-29-19-13-17-3-1-2-4-18(17)22(19)28/h1-6,15,19,22,28H,7-13H2. The van der Waals surface area contributed by atoms with E-state index in [1.807, 2.05) is 35.2 Å². The minimum absolute atomic E-state index is 0.0717. The number of carbonyl (C=O) groups excluding carboxylic acids is 1. The number of amides is 1. The molecule has 1 aromatic carbocycles. The Morgan fingerprint density at radius 3 is 2.69 bits per heavy atom. The Morgan fingerprint density at radius 1 is 1.21 bits per heavy atom. The molecule has 1 saturated heterocycles. The molecule has 2 unspecified atom stereocenters. The molecule has 1 aromatic heterocycles. The van der Waals surface area contributed by atoms with E-state index in [9.17, 15) is 9.90 Å². The summed E-state index contributed by atoms with van der Waals surface area (Å²) in [5, 5.41) is 19.2. The zero-order valence-electron chi connectivity index (χ0n) is 16.2. The number of pyridine rings is 1. The Labute approximate surface area is 170 Å². The normalized spacial score (nSPS) is 21.0. The van der Waals surface area contributed by atoms with Crippen LogP contribution in [-0.2, 0) is 16.0 Å². The van der Waals surface area contributed by atoms with Crippen molar-refractivity contribution in [1.29, 1.82) is 5.26 Å². The number of aliphatic hydroxyl groups excluding tert-OH is 1. The quantitative estimate of drug-likeness (QED) is 0.833. The number of aliphatic hydroxyl groups is 1. The minimum atomic E-state index is -0.621. The number of ether oxygens (including phenoxy) is 1. The smallest absolute Gasteiger partial charge is 0.225 e. The summed E-state index contributed by atoms with van der Waals surface area (Å²) in [6.45, 7) is 3.01. The van der Waals surface area contributed by atoms with E-state index in [2.05, 4.69) is 16.0 Å². The SMILES string of the molecule is N#Cc1ccc(N2CCN(C(=O)CCOC3Cc4ccccc4C3O)CC2)nc1. The van der Waals surface area contributed by atoms with Gasteiger partial charge in [-0.2, -0.15) is 5.26 Å². The monoisotopic (exact) mass is 392 g/mol. The number of benzene rings is 1. The number of aromatic nitrogens is 1. The van der Waals surface area contributed by atoms with Crippen LogP contribution in [0.25, 0.3) is 0 Å². The third-order valence-electron chi connectivity index (χ3n) is 5.63. The molecule has 7 nitrogen and oxygen atoms in total. The summed E-state index contributed by atoms with van der Waals surface area (Å²) in [6.07, 6.45) is 1.67. The van der Waals surface area contributed by atoms with Crippen molar-refractivity contribution in [3.05, 3.63) is 59.3 Å². The van der Waals surface area contributed by atoms with Crippen LogP contribution in [0.5, 0.6) is 0 Å². The highest BCUT2D eigenvalue weighted by Crippen LogP contribution is 2.33. The van der Waals surface area contributed by atoms with Crippen molar-refractivity contribution in [3.8, 4) is 6.07 Å². The van der Waals surface area contributed by atoms with Crippen molar-refractivity contribution < 1.29 is 14.6 Å². The molecule has 2 atom stereocenters. The summed E-state index contributed by atoms with van der Waals surface area (Å²) in [4.78, 5) is 20.8. The molecule has 1 amide bonds. The number of anilines is 1. The van der Waals surface area contributed by atoms with Gasteiger partial charge in [-0.3, -0.25) is 4.79 Å². The van der Waals surface area contributed by atoms with Crippen LogP contribution in [0.15, 0.2) is 42.6 Å². The number of rotatable bonds is 5. The van der Waals surface area contributed by atoms with Crippen molar-refractivity contribution in [2.75, 3.05) is 37.7 Å². The molecule has 1 fully saturated rings. The van der Waals surface area contributed by atoms with Gasteiger partial charge in [0.25, 0.3) is 0 Å². The molecular formula is C22H24N4O3. The molecule has 4 rings (SSSR count). The Kier molecular flexibility index (Phi) is 5.74. The fourth-order valence-corrected chi connectivity index (χ4v) is 3.97. The highest BCUT2D eigenvalue weighted by molar-refractivity contribution is 5.76. The summed E-state index contributed by atoms with van der Waals surface area (Å²) in [7, 11) is 0. The third-order valence-corrected chi connectivity index (χ3v) is 5.63. The Bertz CT molecular complexity index is 901. The average molecular weight is 392 g/mol. The van der Waals surface area contributed by atoms with E-state index < -0.39 is 6.10 Å². The van der Waals surface area contributed by atoms with Crippen LogP contribution in [0, 0.1) is 11.3 Å². The van der Waals surface area contributed by atoms with Crippen molar-refractivity contribution in [3.63, 3.8) is 0 Å². The van der Waals surface area contributed by atoms with Gasteiger partial charge in [0.1, 0.15) is 18.0 Å². The summed E-state index contributed by atoms with van der Waals surface area (Å²) < 4.78 is 5.83. The first-order chi connectivity index (χ1) is 14.2. The average Bonchev–Trinajstić information content (AvgIpc) is 3.09. The number of fused-ring (bicyclic) bond motifs is 1. The summed E-state index contributed by atoms with van der Waals surface area (Å²) in [5.74, 6) is 0.900. The lowest BCUT2D eigenvalue weighted by Gasteiger charge is -2.35. The summed E-state index contributed by atoms with van der Waals surface area (Å²) in [5.41, 5.74) is 2.58. The molecule has 0 radical (unpaired) electrons. The molecule has 1 N–H and O–H groups in total. The third kappa shape index (κ3) is 4.24.